The van der Waals surface area contributed by atoms with E-state index in [1.165, 1.54) is 12.3 Å². The molecule has 1 aromatic heterocycles. The van der Waals surface area contributed by atoms with Crippen LogP contribution in [0.5, 0.6) is 0 Å². The highest BCUT2D eigenvalue weighted by Gasteiger charge is 2.15. The molecule has 0 aliphatic rings. The molecular weight excluding hydrogens is 387 g/mol. The topological polar surface area (TPSA) is 55.1 Å². The van der Waals surface area contributed by atoms with Crippen molar-refractivity contribution in [2.24, 2.45) is 0 Å². The molecule has 3 rings (SSSR count). The van der Waals surface area contributed by atoms with Crippen LogP contribution in [0.25, 0.3) is 11.3 Å². The average Bonchev–Trinajstić information content (AvgIpc) is 3.08. The van der Waals surface area contributed by atoms with Gasteiger partial charge in [-0.2, -0.15) is 0 Å². The lowest BCUT2D eigenvalue weighted by Crippen LogP contribution is -2.23. The molecule has 1 heterocycles. The van der Waals surface area contributed by atoms with Crippen molar-refractivity contribution in [3.05, 3.63) is 76.2 Å². The fourth-order valence-electron chi connectivity index (χ4n) is 2.48. The zero-order valence-corrected chi connectivity index (χ0v) is 14.9. The van der Waals surface area contributed by atoms with Gasteiger partial charge in [-0.25, -0.2) is 4.39 Å². The van der Waals surface area contributed by atoms with E-state index in [4.69, 9.17) is 4.52 Å². The fraction of sp³-hybridized carbons (Fsp3) is 0.158. The molecule has 0 aliphatic heterocycles. The molecule has 0 radical (unpaired) electrons. The van der Waals surface area contributed by atoms with E-state index in [-0.39, 0.29) is 18.1 Å². The van der Waals surface area contributed by atoms with Gasteiger partial charge in [0, 0.05) is 28.6 Å². The summed E-state index contributed by atoms with van der Waals surface area (Å²) >= 11 is 3.45. The third kappa shape index (κ3) is 4.33. The predicted octanol–water partition coefficient (Wildman–Crippen LogP) is 4.49. The molecule has 0 fully saturated rings. The summed E-state index contributed by atoms with van der Waals surface area (Å²) in [6.07, 6.45) is 2.16. The van der Waals surface area contributed by atoms with Crippen molar-refractivity contribution >= 4 is 21.8 Å². The van der Waals surface area contributed by atoms with Gasteiger partial charge in [-0.3, -0.25) is 4.79 Å². The Balaban J connectivity index is 1.59. The smallest absolute Gasteiger partial charge is 0.220 e. The standard InChI is InChI=1S/C19H16BrFN2O2/c20-16-7-3-1-5-13(16)11-22-18(24)10-9-14-12-25-23-19(14)15-6-2-4-8-17(15)21/h1-8,12H,9-11H2,(H,22,24). The second-order valence-electron chi connectivity index (χ2n) is 5.54. The average molecular weight is 403 g/mol. The number of carbonyl (C=O) groups excluding carboxylic acids is 1. The molecule has 0 unspecified atom stereocenters. The molecule has 128 valence electrons. The van der Waals surface area contributed by atoms with Crippen LogP contribution >= 0.6 is 15.9 Å². The molecule has 0 atom stereocenters. The lowest BCUT2D eigenvalue weighted by Gasteiger charge is -2.07. The summed E-state index contributed by atoms with van der Waals surface area (Å²) in [6.45, 7) is 0.448. The molecular formula is C19H16BrFN2O2. The molecule has 0 aliphatic carbocycles. The highest BCUT2D eigenvalue weighted by molar-refractivity contribution is 9.10. The highest BCUT2D eigenvalue weighted by Crippen LogP contribution is 2.25. The lowest BCUT2D eigenvalue weighted by atomic mass is 10.0. The molecule has 0 spiro atoms. The number of carbonyl (C=O) groups is 1. The molecule has 0 saturated carbocycles. The molecule has 3 aromatic rings. The van der Waals surface area contributed by atoms with Crippen molar-refractivity contribution in [1.82, 2.24) is 10.5 Å². The van der Waals surface area contributed by atoms with E-state index in [9.17, 15) is 9.18 Å². The summed E-state index contributed by atoms with van der Waals surface area (Å²) < 4.78 is 19.8. The summed E-state index contributed by atoms with van der Waals surface area (Å²) in [5.74, 6) is -0.451. The maximum atomic E-state index is 13.9. The number of benzene rings is 2. The zero-order valence-electron chi connectivity index (χ0n) is 13.3. The number of hydrogen-bond donors (Lipinski definition) is 1. The van der Waals surface area contributed by atoms with E-state index < -0.39 is 0 Å². The van der Waals surface area contributed by atoms with Gasteiger partial charge < -0.3 is 9.84 Å². The first-order valence-electron chi connectivity index (χ1n) is 7.83. The summed E-state index contributed by atoms with van der Waals surface area (Å²) in [7, 11) is 0. The summed E-state index contributed by atoms with van der Waals surface area (Å²) in [4.78, 5) is 12.1. The van der Waals surface area contributed by atoms with Crippen molar-refractivity contribution < 1.29 is 13.7 Å². The highest BCUT2D eigenvalue weighted by atomic mass is 79.9. The van der Waals surface area contributed by atoms with Crippen molar-refractivity contribution in [2.45, 2.75) is 19.4 Å². The van der Waals surface area contributed by atoms with Crippen LogP contribution in [0.2, 0.25) is 0 Å². The maximum absolute atomic E-state index is 13.9. The van der Waals surface area contributed by atoms with E-state index in [0.29, 0.717) is 29.8 Å². The van der Waals surface area contributed by atoms with Crippen LogP contribution in [0.15, 0.2) is 63.8 Å². The quantitative estimate of drug-likeness (QED) is 0.660. The van der Waals surface area contributed by atoms with Gasteiger partial charge >= 0.3 is 0 Å². The van der Waals surface area contributed by atoms with Gasteiger partial charge in [0.2, 0.25) is 5.91 Å². The van der Waals surface area contributed by atoms with Crippen LogP contribution in [0.4, 0.5) is 4.39 Å². The molecule has 6 heteroatoms. The summed E-state index contributed by atoms with van der Waals surface area (Å²) in [6, 6.07) is 14.1. The van der Waals surface area contributed by atoms with E-state index in [2.05, 4.69) is 26.4 Å². The number of rotatable bonds is 6. The molecule has 1 amide bonds. The molecule has 1 N–H and O–H groups in total. The van der Waals surface area contributed by atoms with Crippen molar-refractivity contribution in [1.29, 1.82) is 0 Å². The van der Waals surface area contributed by atoms with E-state index in [1.54, 1.807) is 18.2 Å². The minimum atomic E-state index is -0.365. The molecule has 25 heavy (non-hydrogen) atoms. The number of hydrogen-bond acceptors (Lipinski definition) is 3. The Morgan fingerprint density at radius 2 is 1.88 bits per heavy atom. The number of halogens is 2. The lowest BCUT2D eigenvalue weighted by molar-refractivity contribution is -0.121. The minimum absolute atomic E-state index is 0.0866. The molecule has 4 nitrogen and oxygen atoms in total. The monoisotopic (exact) mass is 402 g/mol. The molecule has 0 saturated heterocycles. The van der Waals surface area contributed by atoms with Crippen LogP contribution in [0.1, 0.15) is 17.5 Å². The van der Waals surface area contributed by atoms with Gasteiger partial charge in [-0.1, -0.05) is 51.4 Å². The van der Waals surface area contributed by atoms with Crippen LogP contribution in [-0.4, -0.2) is 11.1 Å². The Bertz CT molecular complexity index is 879. The number of aromatic nitrogens is 1. The number of aryl methyl sites for hydroxylation is 1. The second-order valence-corrected chi connectivity index (χ2v) is 6.39. The Labute approximate surface area is 153 Å². The largest absolute Gasteiger partial charge is 0.364 e. The van der Waals surface area contributed by atoms with Gasteiger partial charge in [0.05, 0.1) is 0 Å². The van der Waals surface area contributed by atoms with Gasteiger partial charge in [-0.05, 0) is 30.2 Å². The number of nitrogens with one attached hydrogen (secondary N) is 1. The third-order valence-electron chi connectivity index (χ3n) is 3.83. The van der Waals surface area contributed by atoms with Gasteiger partial charge in [0.15, 0.2) is 0 Å². The van der Waals surface area contributed by atoms with E-state index in [1.807, 2.05) is 24.3 Å². The summed E-state index contributed by atoms with van der Waals surface area (Å²) in [5.41, 5.74) is 2.53. The SMILES string of the molecule is O=C(CCc1conc1-c1ccccc1F)NCc1ccccc1Br. The number of amides is 1. The molecule has 0 bridgehead atoms. The van der Waals surface area contributed by atoms with Gasteiger partial charge in [-0.15, -0.1) is 0 Å². The van der Waals surface area contributed by atoms with Gasteiger partial charge in [0.25, 0.3) is 0 Å². The van der Waals surface area contributed by atoms with Crippen LogP contribution < -0.4 is 5.32 Å². The first kappa shape index (κ1) is 17.4. The van der Waals surface area contributed by atoms with E-state index >= 15 is 0 Å². The Hall–Kier alpha value is -2.47. The predicted molar refractivity (Wildman–Crippen MR) is 96.2 cm³/mol. The van der Waals surface area contributed by atoms with E-state index in [0.717, 1.165) is 10.0 Å². The van der Waals surface area contributed by atoms with Crippen LogP contribution in [0, 0.1) is 5.82 Å². The van der Waals surface area contributed by atoms with Crippen LogP contribution in [-0.2, 0) is 17.8 Å². The minimum Gasteiger partial charge on any atom is -0.364 e. The Morgan fingerprint density at radius 3 is 2.68 bits per heavy atom. The number of nitrogens with zero attached hydrogens (tertiary/aromatic N) is 1. The molecule has 2 aromatic carbocycles. The maximum Gasteiger partial charge on any atom is 0.220 e. The fourth-order valence-corrected chi connectivity index (χ4v) is 2.91. The Morgan fingerprint density at radius 1 is 1.12 bits per heavy atom. The zero-order chi connectivity index (χ0) is 17.6. The van der Waals surface area contributed by atoms with Crippen molar-refractivity contribution in [3.8, 4) is 11.3 Å². The van der Waals surface area contributed by atoms with Crippen molar-refractivity contribution in [3.63, 3.8) is 0 Å². The third-order valence-corrected chi connectivity index (χ3v) is 4.60. The Kier molecular flexibility index (Phi) is 5.60. The first-order valence-corrected chi connectivity index (χ1v) is 8.62. The van der Waals surface area contributed by atoms with Gasteiger partial charge in [0.1, 0.15) is 17.8 Å². The second kappa shape index (κ2) is 8.07. The van der Waals surface area contributed by atoms with Crippen LogP contribution in [0.3, 0.4) is 0 Å². The first-order chi connectivity index (χ1) is 12.1. The normalized spacial score (nSPS) is 10.6. The van der Waals surface area contributed by atoms with Crippen molar-refractivity contribution in [2.75, 3.05) is 0 Å². The summed E-state index contributed by atoms with van der Waals surface area (Å²) in [5, 5.41) is 6.76.